The zero-order valence-electron chi connectivity index (χ0n) is 12.2. The molecule has 106 valence electrons. The van der Waals surface area contributed by atoms with Crippen LogP contribution in [0.1, 0.15) is 43.0 Å². The van der Waals surface area contributed by atoms with Gasteiger partial charge in [-0.05, 0) is 50.4 Å². The third-order valence-corrected chi connectivity index (χ3v) is 3.23. The molecule has 0 atom stereocenters. The van der Waals surface area contributed by atoms with Crippen LogP contribution < -0.4 is 5.32 Å². The third kappa shape index (κ3) is 3.37. The zero-order chi connectivity index (χ0) is 14.8. The van der Waals surface area contributed by atoms with Gasteiger partial charge in [-0.2, -0.15) is 5.26 Å². The average molecular weight is 272 g/mol. The number of nitriles is 1. The van der Waals surface area contributed by atoms with Crippen molar-refractivity contribution in [3.8, 4) is 6.07 Å². The molecule has 2 rings (SSSR count). The molecule has 0 saturated heterocycles. The number of benzene rings is 1. The molecule has 0 saturated carbocycles. The number of ether oxygens (including phenoxy) is 1. The highest BCUT2D eigenvalue weighted by molar-refractivity contribution is 5.74. The van der Waals surface area contributed by atoms with Crippen LogP contribution in [-0.4, -0.2) is 18.1 Å². The number of nitrogens with one attached hydrogen (secondary N) is 1. The van der Waals surface area contributed by atoms with Crippen LogP contribution in [-0.2, 0) is 28.9 Å². The highest BCUT2D eigenvalue weighted by Gasteiger charge is 2.20. The van der Waals surface area contributed by atoms with E-state index in [1.54, 1.807) is 0 Å². The van der Waals surface area contributed by atoms with E-state index in [9.17, 15) is 10.1 Å². The Bertz CT molecular complexity index is 565. The minimum Gasteiger partial charge on any atom is -0.460 e. The number of hydrogen-bond donors (Lipinski definition) is 1. The Hall–Kier alpha value is -1.86. The van der Waals surface area contributed by atoms with Gasteiger partial charge in [-0.1, -0.05) is 12.1 Å². The van der Waals surface area contributed by atoms with Gasteiger partial charge >= 0.3 is 5.97 Å². The maximum atomic E-state index is 11.9. The Labute approximate surface area is 119 Å². The lowest BCUT2D eigenvalue weighted by atomic mass is 9.91. The molecule has 0 bridgehead atoms. The molecule has 1 aliphatic rings. The largest absolute Gasteiger partial charge is 0.460 e. The van der Waals surface area contributed by atoms with E-state index in [1.165, 1.54) is 0 Å². The van der Waals surface area contributed by atoms with Gasteiger partial charge in [-0.15, -0.1) is 0 Å². The molecule has 0 unspecified atom stereocenters. The van der Waals surface area contributed by atoms with Crippen molar-refractivity contribution in [2.24, 2.45) is 0 Å². The molecule has 0 aromatic heterocycles. The molecule has 0 amide bonds. The minimum absolute atomic E-state index is 0.154. The normalized spacial score (nSPS) is 14.3. The maximum absolute atomic E-state index is 11.9. The van der Waals surface area contributed by atoms with E-state index >= 15 is 0 Å². The van der Waals surface area contributed by atoms with Crippen LogP contribution in [0.2, 0.25) is 0 Å². The van der Waals surface area contributed by atoms with E-state index in [0.29, 0.717) is 5.56 Å². The second-order valence-corrected chi connectivity index (χ2v) is 6.04. The van der Waals surface area contributed by atoms with Crippen LogP contribution in [0.15, 0.2) is 12.1 Å². The lowest BCUT2D eigenvalue weighted by Crippen LogP contribution is -2.26. The Kier molecular flexibility index (Phi) is 4.10. The summed E-state index contributed by atoms with van der Waals surface area (Å²) in [5.41, 5.74) is 3.15. The predicted octanol–water partition coefficient (Wildman–Crippen LogP) is 2.09. The van der Waals surface area contributed by atoms with Gasteiger partial charge in [-0.25, -0.2) is 0 Å². The van der Waals surface area contributed by atoms with Crippen molar-refractivity contribution in [3.63, 3.8) is 0 Å². The SMILES string of the molecule is CC(C)(C)OC(=O)Cc1ccc2c(c1C#N)CCNC2. The number of hydrogen-bond acceptors (Lipinski definition) is 4. The van der Waals surface area contributed by atoms with Crippen molar-refractivity contribution in [1.82, 2.24) is 5.32 Å². The molecule has 1 aliphatic heterocycles. The van der Waals surface area contributed by atoms with Crippen LogP contribution in [0, 0.1) is 11.3 Å². The van der Waals surface area contributed by atoms with E-state index < -0.39 is 5.60 Å². The maximum Gasteiger partial charge on any atom is 0.310 e. The van der Waals surface area contributed by atoms with Gasteiger partial charge < -0.3 is 10.1 Å². The summed E-state index contributed by atoms with van der Waals surface area (Å²) in [6.07, 6.45) is 0.987. The van der Waals surface area contributed by atoms with Crippen LogP contribution in [0.3, 0.4) is 0 Å². The molecule has 0 spiro atoms. The minimum atomic E-state index is -0.498. The summed E-state index contributed by atoms with van der Waals surface area (Å²) in [6, 6.07) is 6.13. The highest BCUT2D eigenvalue weighted by Crippen LogP contribution is 2.23. The third-order valence-electron chi connectivity index (χ3n) is 3.23. The first-order valence-corrected chi connectivity index (χ1v) is 6.87. The molecule has 0 aliphatic carbocycles. The molecule has 1 aromatic carbocycles. The summed E-state index contributed by atoms with van der Waals surface area (Å²) in [5.74, 6) is -0.289. The van der Waals surface area contributed by atoms with Gasteiger partial charge in [0.05, 0.1) is 18.1 Å². The number of esters is 1. The number of nitrogens with zero attached hydrogens (tertiary/aromatic N) is 1. The predicted molar refractivity (Wildman–Crippen MR) is 76.1 cm³/mol. The van der Waals surface area contributed by atoms with Crippen LogP contribution in [0.5, 0.6) is 0 Å². The second kappa shape index (κ2) is 5.64. The number of rotatable bonds is 2. The van der Waals surface area contributed by atoms with Crippen molar-refractivity contribution in [2.75, 3.05) is 6.54 Å². The Morgan fingerprint density at radius 2 is 2.20 bits per heavy atom. The number of carbonyl (C=O) groups excluding carboxylic acids is 1. The first kappa shape index (κ1) is 14.5. The van der Waals surface area contributed by atoms with Crippen molar-refractivity contribution in [2.45, 2.75) is 45.8 Å². The molecule has 4 heteroatoms. The van der Waals surface area contributed by atoms with E-state index in [2.05, 4.69) is 11.4 Å². The first-order chi connectivity index (χ1) is 9.40. The molecule has 1 N–H and O–H groups in total. The topological polar surface area (TPSA) is 62.1 Å². The molecule has 1 aromatic rings. The number of fused-ring (bicyclic) bond motifs is 1. The molecular weight excluding hydrogens is 252 g/mol. The van der Waals surface area contributed by atoms with Gasteiger partial charge in [-0.3, -0.25) is 4.79 Å². The number of carbonyl (C=O) groups is 1. The summed E-state index contributed by atoms with van der Waals surface area (Å²) in [6.45, 7) is 7.19. The highest BCUT2D eigenvalue weighted by atomic mass is 16.6. The lowest BCUT2D eigenvalue weighted by Gasteiger charge is -2.22. The molecule has 4 nitrogen and oxygen atoms in total. The monoisotopic (exact) mass is 272 g/mol. The molecule has 0 radical (unpaired) electrons. The Morgan fingerprint density at radius 3 is 2.85 bits per heavy atom. The van der Waals surface area contributed by atoms with Crippen LogP contribution in [0.25, 0.3) is 0 Å². The average Bonchev–Trinajstić information content (AvgIpc) is 2.36. The van der Waals surface area contributed by atoms with Gasteiger partial charge in [0.2, 0.25) is 0 Å². The van der Waals surface area contributed by atoms with E-state index in [0.717, 1.165) is 36.2 Å². The Balaban J connectivity index is 2.25. The summed E-state index contributed by atoms with van der Waals surface area (Å²) in [4.78, 5) is 11.9. The van der Waals surface area contributed by atoms with Crippen molar-refractivity contribution in [1.29, 1.82) is 5.26 Å². The fraction of sp³-hybridized carbons (Fsp3) is 0.500. The van der Waals surface area contributed by atoms with E-state index in [4.69, 9.17) is 4.74 Å². The van der Waals surface area contributed by atoms with Gasteiger partial charge in [0.1, 0.15) is 5.60 Å². The summed E-state index contributed by atoms with van der Waals surface area (Å²) >= 11 is 0. The summed E-state index contributed by atoms with van der Waals surface area (Å²) in [5, 5.41) is 12.7. The van der Waals surface area contributed by atoms with Gasteiger partial charge in [0, 0.05) is 6.54 Å². The second-order valence-electron chi connectivity index (χ2n) is 6.04. The first-order valence-electron chi connectivity index (χ1n) is 6.87. The smallest absolute Gasteiger partial charge is 0.310 e. The Morgan fingerprint density at radius 1 is 1.45 bits per heavy atom. The zero-order valence-corrected chi connectivity index (χ0v) is 12.2. The van der Waals surface area contributed by atoms with Crippen LogP contribution >= 0.6 is 0 Å². The molecular formula is C16H20N2O2. The van der Waals surface area contributed by atoms with Crippen LogP contribution in [0.4, 0.5) is 0 Å². The molecule has 20 heavy (non-hydrogen) atoms. The fourth-order valence-corrected chi connectivity index (χ4v) is 2.45. The summed E-state index contributed by atoms with van der Waals surface area (Å²) < 4.78 is 5.32. The lowest BCUT2D eigenvalue weighted by molar-refractivity contribution is -0.153. The molecule has 1 heterocycles. The quantitative estimate of drug-likeness (QED) is 0.837. The van der Waals surface area contributed by atoms with Crippen molar-refractivity contribution < 1.29 is 9.53 Å². The van der Waals surface area contributed by atoms with Crippen molar-refractivity contribution in [3.05, 3.63) is 34.4 Å². The molecule has 0 fully saturated rings. The summed E-state index contributed by atoms with van der Waals surface area (Å²) in [7, 11) is 0. The standard InChI is InChI=1S/C16H20N2O2/c1-16(2,3)20-15(19)8-11-4-5-12-10-18-7-6-13(12)14(11)9-17/h4-5,18H,6-8,10H2,1-3H3. The van der Waals surface area contributed by atoms with E-state index in [1.807, 2.05) is 32.9 Å². The van der Waals surface area contributed by atoms with Gasteiger partial charge in [0.15, 0.2) is 0 Å². The van der Waals surface area contributed by atoms with E-state index in [-0.39, 0.29) is 12.4 Å². The fourth-order valence-electron chi connectivity index (χ4n) is 2.45. The van der Waals surface area contributed by atoms with Crippen molar-refractivity contribution >= 4 is 5.97 Å². The van der Waals surface area contributed by atoms with Gasteiger partial charge in [0.25, 0.3) is 0 Å².